The van der Waals surface area contributed by atoms with Gasteiger partial charge in [0.2, 0.25) is 0 Å². The maximum absolute atomic E-state index is 10.8. The lowest BCUT2D eigenvalue weighted by molar-refractivity contribution is 0.144. The van der Waals surface area contributed by atoms with E-state index in [0.29, 0.717) is 41.5 Å². The summed E-state index contributed by atoms with van der Waals surface area (Å²) < 4.78 is 17.0. The zero-order chi connectivity index (χ0) is 24.1. The van der Waals surface area contributed by atoms with Gasteiger partial charge in [0.05, 0.1) is 23.4 Å². The molecule has 10 heteroatoms. The van der Waals surface area contributed by atoms with Gasteiger partial charge in [0.1, 0.15) is 22.3 Å². The molecule has 8 nitrogen and oxygen atoms in total. The summed E-state index contributed by atoms with van der Waals surface area (Å²) in [5, 5.41) is 13.7. The van der Waals surface area contributed by atoms with E-state index in [9.17, 15) is 4.79 Å². The molecular formula is C24H28ClN3O5S. The molecule has 1 aliphatic heterocycles. The first kappa shape index (κ1) is 24.4. The summed E-state index contributed by atoms with van der Waals surface area (Å²) in [6.07, 6.45) is 0.664. The van der Waals surface area contributed by atoms with E-state index in [2.05, 4.69) is 15.2 Å². The van der Waals surface area contributed by atoms with Crippen molar-refractivity contribution in [3.63, 3.8) is 0 Å². The molecule has 0 atom stereocenters. The molecule has 1 saturated heterocycles. The van der Waals surface area contributed by atoms with Gasteiger partial charge >= 0.3 is 6.16 Å². The zero-order valence-corrected chi connectivity index (χ0v) is 20.7. The smallest absolute Gasteiger partial charge is 0.492 e. The number of likely N-dealkylation sites (tertiary alicyclic amines) is 1. The van der Waals surface area contributed by atoms with Crippen LogP contribution in [0.25, 0.3) is 10.2 Å². The molecular weight excluding hydrogens is 478 g/mol. The van der Waals surface area contributed by atoms with E-state index in [1.165, 1.54) is 11.3 Å². The molecule has 0 bridgehead atoms. The van der Waals surface area contributed by atoms with Crippen molar-refractivity contribution in [2.75, 3.05) is 31.6 Å². The van der Waals surface area contributed by atoms with Crippen LogP contribution in [-0.4, -0.2) is 53.5 Å². The fourth-order valence-corrected chi connectivity index (χ4v) is 5.23. The van der Waals surface area contributed by atoms with Crippen molar-refractivity contribution in [3.05, 3.63) is 40.9 Å². The summed E-state index contributed by atoms with van der Waals surface area (Å²) in [7, 11) is 0. The number of nitrogens with zero attached hydrogens (tertiary/aromatic N) is 2. The van der Waals surface area contributed by atoms with E-state index in [0.717, 1.165) is 53.4 Å². The van der Waals surface area contributed by atoms with Crippen LogP contribution in [0.15, 0.2) is 30.3 Å². The van der Waals surface area contributed by atoms with Gasteiger partial charge in [0.25, 0.3) is 0 Å². The number of nitrogens with one attached hydrogen (secondary N) is 1. The molecule has 2 aromatic carbocycles. The Hall–Kier alpha value is -2.75. The summed E-state index contributed by atoms with van der Waals surface area (Å²) in [6, 6.07) is 9.42. The van der Waals surface area contributed by atoms with Gasteiger partial charge in [-0.3, -0.25) is 4.90 Å². The third-order valence-electron chi connectivity index (χ3n) is 5.55. The lowest BCUT2D eigenvalue weighted by atomic mass is 10.0. The Morgan fingerprint density at radius 3 is 2.47 bits per heavy atom. The summed E-state index contributed by atoms with van der Waals surface area (Å²) in [5.41, 5.74) is 1.94. The van der Waals surface area contributed by atoms with Crippen molar-refractivity contribution in [2.45, 2.75) is 39.3 Å². The van der Waals surface area contributed by atoms with Crippen molar-refractivity contribution in [1.82, 2.24) is 9.88 Å². The molecule has 182 valence electrons. The minimum Gasteiger partial charge on any atom is -0.492 e. The first-order valence-electron chi connectivity index (χ1n) is 11.3. The largest absolute Gasteiger partial charge is 0.511 e. The van der Waals surface area contributed by atoms with Gasteiger partial charge in [-0.2, -0.15) is 0 Å². The predicted molar refractivity (Wildman–Crippen MR) is 134 cm³/mol. The van der Waals surface area contributed by atoms with Gasteiger partial charge in [-0.15, -0.1) is 0 Å². The van der Waals surface area contributed by atoms with Crippen LogP contribution < -0.4 is 19.5 Å². The molecule has 0 spiro atoms. The number of fused-ring (bicyclic) bond motifs is 1. The Morgan fingerprint density at radius 1 is 1.18 bits per heavy atom. The maximum atomic E-state index is 10.8. The molecule has 1 aromatic heterocycles. The van der Waals surface area contributed by atoms with Crippen LogP contribution in [-0.2, 0) is 6.54 Å². The van der Waals surface area contributed by atoms with Crippen LogP contribution in [0, 0.1) is 0 Å². The van der Waals surface area contributed by atoms with Crippen LogP contribution in [0.4, 0.5) is 9.93 Å². The predicted octanol–water partition coefficient (Wildman–Crippen LogP) is 5.88. The second-order valence-electron chi connectivity index (χ2n) is 7.98. The monoisotopic (exact) mass is 505 g/mol. The molecule has 2 N–H and O–H groups in total. The molecule has 0 saturated carbocycles. The number of hydrogen-bond acceptors (Lipinski definition) is 8. The summed E-state index contributed by atoms with van der Waals surface area (Å²) in [6.45, 7) is 7.69. The molecule has 1 aliphatic rings. The minimum absolute atomic E-state index is 0.297. The molecule has 3 aromatic rings. The zero-order valence-electron chi connectivity index (χ0n) is 19.2. The topological polar surface area (TPSA) is 93.2 Å². The number of benzene rings is 2. The Kier molecular flexibility index (Phi) is 7.97. The number of piperidine rings is 1. The highest BCUT2D eigenvalue weighted by Crippen LogP contribution is 2.36. The fraction of sp³-hybridized carbons (Fsp3) is 0.417. The first-order chi connectivity index (χ1) is 16.4. The van der Waals surface area contributed by atoms with Gasteiger partial charge in [-0.25, -0.2) is 9.78 Å². The van der Waals surface area contributed by atoms with Crippen LogP contribution >= 0.6 is 22.9 Å². The van der Waals surface area contributed by atoms with Crippen LogP contribution in [0.3, 0.4) is 0 Å². The third kappa shape index (κ3) is 6.02. The average molecular weight is 506 g/mol. The van der Waals surface area contributed by atoms with Gasteiger partial charge in [-0.05, 0) is 56.5 Å². The summed E-state index contributed by atoms with van der Waals surface area (Å²) in [5.74, 6) is 1.62. The first-order valence-corrected chi connectivity index (χ1v) is 12.5. The minimum atomic E-state index is -1.32. The quantitative estimate of drug-likeness (QED) is 0.275. The Balaban J connectivity index is 1.35. The summed E-state index contributed by atoms with van der Waals surface area (Å²) in [4.78, 5) is 17.8. The second-order valence-corrected chi connectivity index (χ2v) is 9.39. The van der Waals surface area contributed by atoms with E-state index in [4.69, 9.17) is 30.9 Å². The lowest BCUT2D eigenvalue weighted by Crippen LogP contribution is -2.38. The van der Waals surface area contributed by atoms with E-state index in [1.54, 1.807) is 18.2 Å². The number of anilines is 1. The van der Waals surface area contributed by atoms with Gasteiger partial charge in [0.15, 0.2) is 5.13 Å². The van der Waals surface area contributed by atoms with E-state index in [1.807, 2.05) is 26.0 Å². The highest BCUT2D eigenvalue weighted by atomic mass is 35.5. The van der Waals surface area contributed by atoms with Crippen molar-refractivity contribution < 1.29 is 24.1 Å². The van der Waals surface area contributed by atoms with E-state index in [-0.39, 0.29) is 0 Å². The normalized spacial score (nSPS) is 14.8. The van der Waals surface area contributed by atoms with E-state index >= 15 is 0 Å². The van der Waals surface area contributed by atoms with E-state index < -0.39 is 6.16 Å². The number of rotatable bonds is 9. The highest BCUT2D eigenvalue weighted by Gasteiger charge is 2.21. The van der Waals surface area contributed by atoms with Crippen molar-refractivity contribution in [3.8, 4) is 17.2 Å². The van der Waals surface area contributed by atoms with Crippen molar-refractivity contribution >= 4 is 44.4 Å². The molecule has 2 heterocycles. The summed E-state index contributed by atoms with van der Waals surface area (Å²) >= 11 is 7.93. The molecule has 0 aliphatic carbocycles. The number of ether oxygens (including phenoxy) is 3. The Bertz CT molecular complexity index is 1120. The number of thiazole rings is 1. The van der Waals surface area contributed by atoms with Crippen molar-refractivity contribution in [2.24, 2.45) is 0 Å². The number of carboxylic acid groups (broad SMARTS) is 1. The van der Waals surface area contributed by atoms with Gasteiger partial charge < -0.3 is 24.6 Å². The van der Waals surface area contributed by atoms with Crippen LogP contribution in [0.2, 0.25) is 5.02 Å². The number of halogens is 1. The molecule has 1 fully saturated rings. The van der Waals surface area contributed by atoms with Gasteiger partial charge in [0, 0.05) is 31.7 Å². The number of aromatic nitrogens is 1. The van der Waals surface area contributed by atoms with Crippen molar-refractivity contribution in [1.29, 1.82) is 0 Å². The highest BCUT2D eigenvalue weighted by molar-refractivity contribution is 7.22. The number of carbonyl (C=O) groups is 1. The second kappa shape index (κ2) is 11.1. The Morgan fingerprint density at radius 2 is 1.85 bits per heavy atom. The van der Waals surface area contributed by atoms with Gasteiger partial charge in [-0.1, -0.05) is 22.9 Å². The molecule has 0 radical (unpaired) electrons. The molecule has 4 rings (SSSR count). The maximum Gasteiger partial charge on any atom is 0.511 e. The Labute approximate surface area is 207 Å². The van der Waals surface area contributed by atoms with Crippen LogP contribution in [0.1, 0.15) is 32.3 Å². The number of hydrogen-bond donors (Lipinski definition) is 2. The fourth-order valence-electron chi connectivity index (χ4n) is 4.04. The SMILES string of the molecule is CCOc1cc(CN2CCC(Nc3nc4ccc(OC(=O)O)cc4s3)CC2)cc(OCC)c1Cl. The molecule has 0 amide bonds. The van der Waals surface area contributed by atoms with Crippen LogP contribution in [0.5, 0.6) is 17.2 Å². The third-order valence-corrected chi connectivity index (χ3v) is 6.87. The lowest BCUT2D eigenvalue weighted by Gasteiger charge is -2.32. The molecule has 0 unspecified atom stereocenters. The molecule has 34 heavy (non-hydrogen) atoms. The average Bonchev–Trinajstić information content (AvgIpc) is 3.19. The standard InChI is InChI=1S/C24H28ClN3O5S/c1-3-31-19-11-15(12-20(22(19)25)32-4-2)14-28-9-7-16(8-10-28)26-23-27-18-6-5-17(33-24(29)30)13-21(18)34-23/h5-6,11-13,16H,3-4,7-10,14H2,1-2H3,(H,26,27)(H,29,30).